The Labute approximate surface area is 309 Å². The van der Waals surface area contributed by atoms with Gasteiger partial charge in [0, 0.05) is 12.8 Å². The Balaban J connectivity index is 3.50. The molecule has 0 saturated carbocycles. The maximum absolute atomic E-state index is 12.0. The van der Waals surface area contributed by atoms with Crippen molar-refractivity contribution < 1.29 is 24.2 Å². The van der Waals surface area contributed by atoms with E-state index in [1.165, 1.54) is 89.9 Å². The van der Waals surface area contributed by atoms with Crippen LogP contribution in [0.3, 0.4) is 0 Å². The first-order valence-corrected chi connectivity index (χ1v) is 20.8. The molecule has 5 heteroatoms. The van der Waals surface area contributed by atoms with Crippen LogP contribution in [0.4, 0.5) is 0 Å². The van der Waals surface area contributed by atoms with Crippen LogP contribution in [-0.4, -0.2) is 36.4 Å². The quantitative estimate of drug-likeness (QED) is 0.0397. The fourth-order valence-corrected chi connectivity index (χ4v) is 5.64. The molecule has 0 spiro atoms. The van der Waals surface area contributed by atoms with Gasteiger partial charge in [-0.2, -0.15) is 0 Å². The molecule has 0 aliphatic rings. The van der Waals surface area contributed by atoms with Crippen LogP contribution in [0.1, 0.15) is 194 Å². The molecule has 0 fully saturated rings. The molecule has 1 atom stereocenters. The molecule has 288 valence electrons. The van der Waals surface area contributed by atoms with Gasteiger partial charge in [-0.05, 0) is 57.8 Å². The van der Waals surface area contributed by atoms with Gasteiger partial charge in [0.15, 0.2) is 0 Å². The van der Waals surface area contributed by atoms with Gasteiger partial charge in [-0.3, -0.25) is 9.59 Å². The Morgan fingerprint density at radius 1 is 0.440 bits per heavy atom. The SMILES string of the molecule is CC/C=C\C/C=C\C/C=C\C/C=C\C/C=C\CCCCCC(=O)OC[C@H](O)COC(=O)CCCCCCCCCCCCCCCCCCC. The zero-order chi connectivity index (χ0) is 36.4. The number of hydrogen-bond donors (Lipinski definition) is 1. The number of unbranched alkanes of at least 4 members (excludes halogenated alkanes) is 19. The molecular weight excluding hydrogens is 620 g/mol. The van der Waals surface area contributed by atoms with Gasteiger partial charge in [-0.25, -0.2) is 0 Å². The third-order valence-corrected chi connectivity index (χ3v) is 8.77. The van der Waals surface area contributed by atoms with Crippen LogP contribution in [0.15, 0.2) is 60.8 Å². The van der Waals surface area contributed by atoms with E-state index in [1.54, 1.807) is 0 Å². The van der Waals surface area contributed by atoms with E-state index >= 15 is 0 Å². The van der Waals surface area contributed by atoms with Crippen molar-refractivity contribution in [3.63, 3.8) is 0 Å². The molecule has 0 aromatic carbocycles. The van der Waals surface area contributed by atoms with E-state index in [2.05, 4.69) is 74.6 Å². The number of aliphatic hydroxyl groups is 1. The Morgan fingerprint density at radius 2 is 0.760 bits per heavy atom. The van der Waals surface area contributed by atoms with Crippen LogP contribution in [0.2, 0.25) is 0 Å². The van der Waals surface area contributed by atoms with Crippen LogP contribution in [0.5, 0.6) is 0 Å². The van der Waals surface area contributed by atoms with E-state index in [4.69, 9.17) is 9.47 Å². The summed E-state index contributed by atoms with van der Waals surface area (Å²) in [5.74, 6) is -0.599. The normalized spacial score (nSPS) is 12.8. The zero-order valence-corrected chi connectivity index (χ0v) is 32.6. The molecule has 0 rings (SSSR count). The van der Waals surface area contributed by atoms with E-state index in [0.29, 0.717) is 12.8 Å². The highest BCUT2D eigenvalue weighted by Crippen LogP contribution is 2.14. The van der Waals surface area contributed by atoms with Crippen LogP contribution in [0, 0.1) is 0 Å². The van der Waals surface area contributed by atoms with E-state index < -0.39 is 6.10 Å². The predicted octanol–water partition coefficient (Wildman–Crippen LogP) is 13.2. The van der Waals surface area contributed by atoms with Crippen molar-refractivity contribution >= 4 is 11.9 Å². The Morgan fingerprint density at radius 3 is 1.14 bits per heavy atom. The standard InChI is InChI=1S/C45H78O5/c1-3-5-7-9-11-13-15-17-19-21-22-24-26-28-30-32-34-36-38-40-45(48)50-42-43(46)41-49-44(47)39-37-35-33-31-29-27-25-23-20-18-16-14-12-10-8-6-4-2/h5,7,11,13,17,19,22,24,28,30,43,46H,3-4,6,8-10,12,14-16,18,20-21,23,25-27,29,31-42H2,1-2H3/b7-5-,13-11-,19-17-,24-22-,30-28-/t43-/m1/s1. The summed E-state index contributed by atoms with van der Waals surface area (Å²) in [5.41, 5.74) is 0. The zero-order valence-electron chi connectivity index (χ0n) is 32.6. The molecule has 0 aromatic heterocycles. The van der Waals surface area contributed by atoms with Gasteiger partial charge in [0.2, 0.25) is 0 Å². The molecule has 0 unspecified atom stereocenters. The third kappa shape index (κ3) is 40.0. The first-order valence-electron chi connectivity index (χ1n) is 20.8. The van der Waals surface area contributed by atoms with E-state index in [0.717, 1.165) is 77.0 Å². The van der Waals surface area contributed by atoms with E-state index in [-0.39, 0.29) is 25.2 Å². The highest BCUT2D eigenvalue weighted by atomic mass is 16.6. The fourth-order valence-electron chi connectivity index (χ4n) is 5.64. The lowest BCUT2D eigenvalue weighted by Crippen LogP contribution is -2.25. The highest BCUT2D eigenvalue weighted by Gasteiger charge is 2.12. The highest BCUT2D eigenvalue weighted by molar-refractivity contribution is 5.69. The maximum atomic E-state index is 12.0. The number of carbonyl (C=O) groups excluding carboxylic acids is 2. The van der Waals surface area contributed by atoms with Crippen molar-refractivity contribution in [2.24, 2.45) is 0 Å². The second-order valence-electron chi connectivity index (χ2n) is 13.7. The monoisotopic (exact) mass is 699 g/mol. The number of rotatable bonds is 37. The Hall–Kier alpha value is -2.40. The molecule has 0 aromatic rings. The summed E-state index contributed by atoms with van der Waals surface area (Å²) in [6.07, 6.45) is 52.8. The molecule has 0 heterocycles. The van der Waals surface area contributed by atoms with Crippen molar-refractivity contribution in [2.45, 2.75) is 200 Å². The summed E-state index contributed by atoms with van der Waals surface area (Å²) in [5, 5.41) is 10.0. The largest absolute Gasteiger partial charge is 0.463 e. The number of esters is 2. The van der Waals surface area contributed by atoms with Crippen molar-refractivity contribution in [2.75, 3.05) is 13.2 Å². The van der Waals surface area contributed by atoms with E-state index in [9.17, 15) is 14.7 Å². The molecule has 0 aliphatic carbocycles. The van der Waals surface area contributed by atoms with Gasteiger partial charge < -0.3 is 14.6 Å². The number of allylic oxidation sites excluding steroid dienone is 10. The van der Waals surface area contributed by atoms with Crippen LogP contribution >= 0.6 is 0 Å². The van der Waals surface area contributed by atoms with Gasteiger partial charge in [-0.1, -0.05) is 184 Å². The molecule has 0 radical (unpaired) electrons. The molecule has 1 N–H and O–H groups in total. The van der Waals surface area contributed by atoms with Gasteiger partial charge in [0.05, 0.1) is 0 Å². The third-order valence-electron chi connectivity index (χ3n) is 8.77. The number of aliphatic hydroxyl groups excluding tert-OH is 1. The minimum Gasteiger partial charge on any atom is -0.463 e. The number of ether oxygens (including phenoxy) is 2. The molecule has 0 aliphatic heterocycles. The average molecular weight is 699 g/mol. The summed E-state index contributed by atoms with van der Waals surface area (Å²) in [6.45, 7) is 4.17. The predicted molar refractivity (Wildman–Crippen MR) is 214 cm³/mol. The average Bonchev–Trinajstić information content (AvgIpc) is 3.12. The maximum Gasteiger partial charge on any atom is 0.305 e. The minimum absolute atomic E-state index is 0.127. The smallest absolute Gasteiger partial charge is 0.305 e. The Bertz CT molecular complexity index is 884. The Kier molecular flexibility index (Phi) is 39.1. The van der Waals surface area contributed by atoms with Crippen LogP contribution in [0.25, 0.3) is 0 Å². The summed E-state index contributed by atoms with van der Waals surface area (Å²) in [6, 6.07) is 0. The van der Waals surface area contributed by atoms with Crippen molar-refractivity contribution in [3.05, 3.63) is 60.8 Å². The van der Waals surface area contributed by atoms with Gasteiger partial charge in [-0.15, -0.1) is 0 Å². The molecular formula is C45H78O5. The molecule has 0 saturated heterocycles. The topological polar surface area (TPSA) is 72.8 Å². The lowest BCUT2D eigenvalue weighted by molar-refractivity contribution is -0.152. The van der Waals surface area contributed by atoms with Gasteiger partial charge in [0.25, 0.3) is 0 Å². The van der Waals surface area contributed by atoms with Gasteiger partial charge in [0.1, 0.15) is 19.3 Å². The van der Waals surface area contributed by atoms with Crippen molar-refractivity contribution in [1.82, 2.24) is 0 Å². The molecule has 0 bridgehead atoms. The van der Waals surface area contributed by atoms with Crippen LogP contribution in [-0.2, 0) is 19.1 Å². The fraction of sp³-hybridized carbons (Fsp3) is 0.733. The van der Waals surface area contributed by atoms with Crippen molar-refractivity contribution in [1.29, 1.82) is 0 Å². The first kappa shape index (κ1) is 47.6. The first-order chi connectivity index (χ1) is 24.6. The number of hydrogen-bond acceptors (Lipinski definition) is 5. The lowest BCUT2D eigenvalue weighted by atomic mass is 10.0. The summed E-state index contributed by atoms with van der Waals surface area (Å²) < 4.78 is 10.3. The summed E-state index contributed by atoms with van der Waals surface area (Å²) in [4.78, 5) is 24.0. The summed E-state index contributed by atoms with van der Waals surface area (Å²) in [7, 11) is 0. The molecule has 50 heavy (non-hydrogen) atoms. The summed E-state index contributed by atoms with van der Waals surface area (Å²) >= 11 is 0. The number of carbonyl (C=O) groups is 2. The minimum atomic E-state index is -0.978. The lowest BCUT2D eigenvalue weighted by Gasteiger charge is -2.12. The van der Waals surface area contributed by atoms with Crippen LogP contribution < -0.4 is 0 Å². The van der Waals surface area contributed by atoms with E-state index in [1.807, 2.05) is 0 Å². The van der Waals surface area contributed by atoms with Gasteiger partial charge >= 0.3 is 11.9 Å². The second kappa shape index (κ2) is 41.0. The second-order valence-corrected chi connectivity index (χ2v) is 13.7. The van der Waals surface area contributed by atoms with Crippen molar-refractivity contribution in [3.8, 4) is 0 Å². The molecule has 0 amide bonds. The molecule has 5 nitrogen and oxygen atoms in total.